The van der Waals surface area contributed by atoms with E-state index in [4.69, 9.17) is 14.2 Å². The first-order chi connectivity index (χ1) is 32.0. The van der Waals surface area contributed by atoms with Gasteiger partial charge < -0.3 is 14.2 Å². The quantitative estimate of drug-likeness (QED) is 0.0199. The second-order valence-electron chi connectivity index (χ2n) is 18.6. The van der Waals surface area contributed by atoms with Crippen molar-refractivity contribution < 1.29 is 28.6 Å². The van der Waals surface area contributed by atoms with E-state index in [0.29, 0.717) is 19.3 Å². The molecule has 376 valence electrons. The summed E-state index contributed by atoms with van der Waals surface area (Å²) in [5, 5.41) is 0. The Hall–Kier alpha value is -2.89. The molecule has 65 heavy (non-hydrogen) atoms. The molecule has 1 atom stereocenters. The lowest BCUT2D eigenvalue weighted by atomic mass is 10.0. The Morgan fingerprint density at radius 1 is 0.323 bits per heavy atom. The van der Waals surface area contributed by atoms with E-state index in [1.54, 1.807) is 0 Å². The van der Waals surface area contributed by atoms with Crippen LogP contribution in [0.15, 0.2) is 60.8 Å². The number of ether oxygens (including phenoxy) is 3. The number of carbonyl (C=O) groups is 3. The van der Waals surface area contributed by atoms with Crippen molar-refractivity contribution >= 4 is 17.9 Å². The second kappa shape index (κ2) is 53.7. The average molecular weight is 909 g/mol. The lowest BCUT2D eigenvalue weighted by Gasteiger charge is -2.18. The Morgan fingerprint density at radius 2 is 0.615 bits per heavy atom. The van der Waals surface area contributed by atoms with Crippen LogP contribution in [0.25, 0.3) is 0 Å². The minimum Gasteiger partial charge on any atom is -0.462 e. The van der Waals surface area contributed by atoms with Crippen molar-refractivity contribution in [3.05, 3.63) is 60.8 Å². The molecule has 0 saturated carbocycles. The van der Waals surface area contributed by atoms with E-state index in [0.717, 1.165) is 89.9 Å². The number of unbranched alkanes of at least 4 members (excludes halogenated alkanes) is 31. The van der Waals surface area contributed by atoms with Crippen LogP contribution >= 0.6 is 0 Å². The Bertz CT molecular complexity index is 1180. The molecule has 0 aromatic rings. The molecular weight excluding hydrogens is 805 g/mol. The fourth-order valence-corrected chi connectivity index (χ4v) is 7.83. The van der Waals surface area contributed by atoms with Gasteiger partial charge in [-0.2, -0.15) is 0 Å². The van der Waals surface area contributed by atoms with Gasteiger partial charge in [0.2, 0.25) is 0 Å². The van der Waals surface area contributed by atoms with E-state index in [-0.39, 0.29) is 31.1 Å². The van der Waals surface area contributed by atoms with Gasteiger partial charge in [-0.3, -0.25) is 14.4 Å². The molecule has 0 heterocycles. The molecule has 1 unspecified atom stereocenters. The zero-order chi connectivity index (χ0) is 47.2. The molecule has 0 aliphatic carbocycles. The number of esters is 3. The first kappa shape index (κ1) is 62.1. The van der Waals surface area contributed by atoms with Crippen LogP contribution in [-0.2, 0) is 28.6 Å². The molecule has 0 radical (unpaired) electrons. The third-order valence-electron chi connectivity index (χ3n) is 12.1. The fourth-order valence-electron chi connectivity index (χ4n) is 7.83. The second-order valence-corrected chi connectivity index (χ2v) is 18.6. The molecule has 0 bridgehead atoms. The van der Waals surface area contributed by atoms with E-state index in [2.05, 4.69) is 81.5 Å². The zero-order valence-electron chi connectivity index (χ0n) is 43.0. The van der Waals surface area contributed by atoms with Crippen LogP contribution < -0.4 is 0 Å². The minimum absolute atomic E-state index is 0.0822. The maximum Gasteiger partial charge on any atom is 0.306 e. The van der Waals surface area contributed by atoms with Crippen LogP contribution in [0.3, 0.4) is 0 Å². The summed E-state index contributed by atoms with van der Waals surface area (Å²) in [5.74, 6) is -0.902. The SMILES string of the molecule is CCCCC/C=C\C/C=C\CCCCCCCCCC(=O)OC(COC(=O)CCCCCCC\C=C/C=C\C=C/CCCCCCC)COC(=O)CCCCCCCCCCCCCC. The zero-order valence-corrected chi connectivity index (χ0v) is 43.0. The fraction of sp³-hybridized carbons (Fsp3) is 0.780. The number of hydrogen-bond donors (Lipinski definition) is 0. The summed E-state index contributed by atoms with van der Waals surface area (Å²) in [6.45, 7) is 6.59. The number of hydrogen-bond acceptors (Lipinski definition) is 6. The highest BCUT2D eigenvalue weighted by molar-refractivity contribution is 5.71. The summed E-state index contributed by atoms with van der Waals surface area (Å²) in [6.07, 6.45) is 66.3. The van der Waals surface area contributed by atoms with Gasteiger partial charge in [0.15, 0.2) is 6.10 Å². The van der Waals surface area contributed by atoms with Crippen molar-refractivity contribution in [3.8, 4) is 0 Å². The Morgan fingerprint density at radius 3 is 1.00 bits per heavy atom. The Balaban J connectivity index is 4.41. The van der Waals surface area contributed by atoms with E-state index >= 15 is 0 Å². The van der Waals surface area contributed by atoms with Gasteiger partial charge >= 0.3 is 17.9 Å². The Kier molecular flexibility index (Phi) is 51.3. The maximum atomic E-state index is 12.8. The summed E-state index contributed by atoms with van der Waals surface area (Å²) in [7, 11) is 0. The van der Waals surface area contributed by atoms with E-state index < -0.39 is 6.10 Å². The van der Waals surface area contributed by atoms with Crippen LogP contribution in [0.1, 0.15) is 278 Å². The molecule has 6 heteroatoms. The number of carbonyl (C=O) groups excluding carboxylic acids is 3. The van der Waals surface area contributed by atoms with Crippen LogP contribution in [0, 0.1) is 0 Å². The lowest BCUT2D eigenvalue weighted by molar-refractivity contribution is -0.167. The van der Waals surface area contributed by atoms with Crippen molar-refractivity contribution in [3.63, 3.8) is 0 Å². The molecule has 0 amide bonds. The van der Waals surface area contributed by atoms with Crippen molar-refractivity contribution in [2.45, 2.75) is 284 Å². The van der Waals surface area contributed by atoms with Gasteiger partial charge in [-0.1, -0.05) is 242 Å². The highest BCUT2D eigenvalue weighted by Gasteiger charge is 2.19. The molecule has 0 spiro atoms. The predicted molar refractivity (Wildman–Crippen MR) is 279 cm³/mol. The standard InChI is InChI=1S/C59H104O6/c1-4-7-10-13-16-19-22-25-27-29-31-32-34-37-40-43-46-49-52-58(61)64-55-56(54-63-57(60)51-48-45-42-39-36-24-21-18-15-12-9-6-3)65-59(62)53-50-47-44-41-38-35-33-30-28-26-23-20-17-14-11-8-5-2/h17,20,22,25-29,31-32,56H,4-16,18-19,21,23-24,30,33-55H2,1-3H3/b20-17-,25-22-,28-26-,29-27-,32-31-. The van der Waals surface area contributed by atoms with Crippen LogP contribution in [0.5, 0.6) is 0 Å². The molecule has 6 nitrogen and oxygen atoms in total. The minimum atomic E-state index is -0.785. The summed E-state index contributed by atoms with van der Waals surface area (Å²) in [6, 6.07) is 0. The monoisotopic (exact) mass is 909 g/mol. The maximum absolute atomic E-state index is 12.8. The molecular formula is C59H104O6. The van der Waals surface area contributed by atoms with Gasteiger partial charge in [0, 0.05) is 19.3 Å². The predicted octanol–water partition coefficient (Wildman–Crippen LogP) is 18.4. The summed E-state index contributed by atoms with van der Waals surface area (Å²) in [5.41, 5.74) is 0. The molecule has 0 N–H and O–H groups in total. The van der Waals surface area contributed by atoms with Crippen LogP contribution in [0.2, 0.25) is 0 Å². The molecule has 0 aliphatic rings. The first-order valence-corrected chi connectivity index (χ1v) is 27.8. The third kappa shape index (κ3) is 51.9. The van der Waals surface area contributed by atoms with Crippen LogP contribution in [0.4, 0.5) is 0 Å². The topological polar surface area (TPSA) is 78.9 Å². The van der Waals surface area contributed by atoms with Crippen LogP contribution in [-0.4, -0.2) is 37.2 Å². The average Bonchev–Trinajstić information content (AvgIpc) is 3.30. The van der Waals surface area contributed by atoms with E-state index in [1.165, 1.54) is 148 Å². The van der Waals surface area contributed by atoms with Crippen molar-refractivity contribution in [1.82, 2.24) is 0 Å². The lowest BCUT2D eigenvalue weighted by Crippen LogP contribution is -2.30. The Labute approximate surface area is 402 Å². The number of rotatable bonds is 50. The van der Waals surface area contributed by atoms with Gasteiger partial charge in [0.05, 0.1) is 0 Å². The van der Waals surface area contributed by atoms with Crippen molar-refractivity contribution in [2.24, 2.45) is 0 Å². The summed E-state index contributed by atoms with van der Waals surface area (Å²) >= 11 is 0. The van der Waals surface area contributed by atoms with E-state index in [9.17, 15) is 14.4 Å². The molecule has 0 saturated heterocycles. The highest BCUT2D eigenvalue weighted by atomic mass is 16.6. The normalized spacial score (nSPS) is 12.5. The van der Waals surface area contributed by atoms with Crippen molar-refractivity contribution in [2.75, 3.05) is 13.2 Å². The largest absolute Gasteiger partial charge is 0.462 e. The van der Waals surface area contributed by atoms with Gasteiger partial charge in [0.1, 0.15) is 13.2 Å². The first-order valence-electron chi connectivity index (χ1n) is 27.8. The van der Waals surface area contributed by atoms with Gasteiger partial charge in [-0.25, -0.2) is 0 Å². The molecule has 0 fully saturated rings. The third-order valence-corrected chi connectivity index (χ3v) is 12.1. The van der Waals surface area contributed by atoms with Crippen molar-refractivity contribution in [1.29, 1.82) is 0 Å². The summed E-state index contributed by atoms with van der Waals surface area (Å²) in [4.78, 5) is 38.1. The summed E-state index contributed by atoms with van der Waals surface area (Å²) < 4.78 is 16.8. The molecule has 0 aromatic heterocycles. The van der Waals surface area contributed by atoms with E-state index in [1.807, 2.05) is 0 Å². The molecule has 0 aromatic carbocycles. The van der Waals surface area contributed by atoms with Gasteiger partial charge in [-0.05, 0) is 77.0 Å². The number of allylic oxidation sites excluding steroid dienone is 10. The molecule has 0 rings (SSSR count). The highest BCUT2D eigenvalue weighted by Crippen LogP contribution is 2.15. The van der Waals surface area contributed by atoms with Gasteiger partial charge in [0.25, 0.3) is 0 Å². The molecule has 0 aliphatic heterocycles. The van der Waals surface area contributed by atoms with Gasteiger partial charge in [-0.15, -0.1) is 0 Å². The smallest absolute Gasteiger partial charge is 0.306 e.